The first-order chi connectivity index (χ1) is 14.2. The highest BCUT2D eigenvalue weighted by atomic mass is 16.3. The van der Waals surface area contributed by atoms with Crippen LogP contribution in [0.3, 0.4) is 0 Å². The first-order valence-corrected chi connectivity index (χ1v) is 10.3. The third-order valence-corrected chi connectivity index (χ3v) is 5.07. The van der Waals surface area contributed by atoms with Crippen molar-refractivity contribution in [3.63, 3.8) is 0 Å². The molecule has 0 unspecified atom stereocenters. The summed E-state index contributed by atoms with van der Waals surface area (Å²) in [5.41, 5.74) is 4.27. The average molecular weight is 406 g/mol. The summed E-state index contributed by atoms with van der Waals surface area (Å²) >= 11 is 0. The number of aromatic nitrogens is 4. The molecule has 0 aliphatic heterocycles. The molecule has 0 fully saturated rings. The number of rotatable bonds is 5. The molecule has 0 saturated heterocycles. The fraction of sp³-hybridized carbons (Fsp3) is 0.391. The minimum absolute atomic E-state index is 0.151. The maximum Gasteiger partial charge on any atom is 0.256 e. The van der Waals surface area contributed by atoms with Crippen LogP contribution in [0.2, 0.25) is 0 Å². The van der Waals surface area contributed by atoms with Gasteiger partial charge in [0, 0.05) is 23.3 Å². The van der Waals surface area contributed by atoms with Gasteiger partial charge in [-0.3, -0.25) is 4.79 Å². The zero-order valence-electron chi connectivity index (χ0n) is 18.2. The van der Waals surface area contributed by atoms with E-state index < -0.39 is 0 Å². The fourth-order valence-electron chi connectivity index (χ4n) is 3.37. The smallest absolute Gasteiger partial charge is 0.256 e. The molecule has 0 saturated carbocycles. The van der Waals surface area contributed by atoms with E-state index >= 15 is 0 Å². The molecule has 30 heavy (non-hydrogen) atoms. The standard InChI is InChI=1S/C23H27N5O2/c1-12(2)18-10-16(17-11-24-28(14(5)6)21(17)26-18)22(29)25-15-7-8-20-19(9-15)27-23(30-20)13(3)4/h7-14H,1-6H3,(H,25,29). The monoisotopic (exact) mass is 405 g/mol. The third kappa shape index (κ3) is 3.56. The second-order valence-corrected chi connectivity index (χ2v) is 8.51. The van der Waals surface area contributed by atoms with Crippen molar-refractivity contribution in [2.75, 3.05) is 5.32 Å². The molecule has 4 rings (SSSR count). The molecule has 0 aliphatic rings. The van der Waals surface area contributed by atoms with Gasteiger partial charge in [-0.05, 0) is 44.0 Å². The number of carbonyl (C=O) groups excluding carboxylic acids is 1. The van der Waals surface area contributed by atoms with E-state index in [1.54, 1.807) is 6.20 Å². The molecule has 3 heterocycles. The molecular formula is C23H27N5O2. The van der Waals surface area contributed by atoms with Crippen LogP contribution in [0.25, 0.3) is 22.1 Å². The van der Waals surface area contributed by atoms with E-state index in [1.807, 2.05) is 42.8 Å². The van der Waals surface area contributed by atoms with Gasteiger partial charge in [0.2, 0.25) is 0 Å². The number of nitrogens with zero attached hydrogens (tertiary/aromatic N) is 4. The van der Waals surface area contributed by atoms with Crippen molar-refractivity contribution < 1.29 is 9.21 Å². The van der Waals surface area contributed by atoms with E-state index in [4.69, 9.17) is 9.40 Å². The highest BCUT2D eigenvalue weighted by molar-refractivity contribution is 6.12. The average Bonchev–Trinajstić information content (AvgIpc) is 3.30. The second-order valence-electron chi connectivity index (χ2n) is 8.51. The van der Waals surface area contributed by atoms with Gasteiger partial charge in [-0.15, -0.1) is 0 Å². The topological polar surface area (TPSA) is 85.8 Å². The van der Waals surface area contributed by atoms with Crippen molar-refractivity contribution in [1.82, 2.24) is 19.7 Å². The van der Waals surface area contributed by atoms with E-state index in [2.05, 4.69) is 43.1 Å². The Morgan fingerprint density at radius 1 is 1.03 bits per heavy atom. The van der Waals surface area contributed by atoms with Crippen molar-refractivity contribution in [2.24, 2.45) is 0 Å². The summed E-state index contributed by atoms with van der Waals surface area (Å²) in [6.07, 6.45) is 1.72. The van der Waals surface area contributed by atoms with E-state index in [1.165, 1.54) is 0 Å². The molecule has 156 valence electrons. The van der Waals surface area contributed by atoms with E-state index in [9.17, 15) is 4.79 Å². The van der Waals surface area contributed by atoms with Crippen LogP contribution in [0, 0.1) is 0 Å². The molecule has 0 aliphatic carbocycles. The molecule has 0 spiro atoms. The quantitative estimate of drug-likeness (QED) is 0.463. The van der Waals surface area contributed by atoms with Crippen LogP contribution in [0.4, 0.5) is 5.69 Å². The molecule has 1 amide bonds. The number of carbonyl (C=O) groups is 1. The summed E-state index contributed by atoms with van der Waals surface area (Å²) in [5.74, 6) is 0.886. The van der Waals surface area contributed by atoms with Crippen LogP contribution >= 0.6 is 0 Å². The van der Waals surface area contributed by atoms with Gasteiger partial charge in [-0.25, -0.2) is 14.6 Å². The van der Waals surface area contributed by atoms with Crippen LogP contribution in [-0.4, -0.2) is 25.7 Å². The third-order valence-electron chi connectivity index (χ3n) is 5.07. The highest BCUT2D eigenvalue weighted by Gasteiger charge is 2.19. The maximum atomic E-state index is 13.2. The number of benzene rings is 1. The molecule has 1 aromatic carbocycles. The van der Waals surface area contributed by atoms with Crippen molar-refractivity contribution in [3.05, 3.63) is 47.6 Å². The molecule has 3 aromatic heterocycles. The van der Waals surface area contributed by atoms with Gasteiger partial charge in [0.05, 0.1) is 17.1 Å². The minimum Gasteiger partial charge on any atom is -0.440 e. The predicted molar refractivity (Wildman–Crippen MR) is 118 cm³/mol. The molecule has 0 bridgehead atoms. The van der Waals surface area contributed by atoms with Gasteiger partial charge in [0.1, 0.15) is 5.52 Å². The van der Waals surface area contributed by atoms with E-state index in [-0.39, 0.29) is 23.8 Å². The second kappa shape index (κ2) is 7.55. The number of pyridine rings is 1. The summed E-state index contributed by atoms with van der Waals surface area (Å²) in [7, 11) is 0. The normalized spacial score (nSPS) is 12.0. The first-order valence-electron chi connectivity index (χ1n) is 10.3. The first kappa shape index (κ1) is 20.1. The lowest BCUT2D eigenvalue weighted by atomic mass is 10.0. The van der Waals surface area contributed by atoms with Crippen molar-refractivity contribution in [2.45, 2.75) is 59.4 Å². The van der Waals surface area contributed by atoms with E-state index in [0.717, 1.165) is 22.2 Å². The molecule has 7 heteroatoms. The van der Waals surface area contributed by atoms with Crippen LogP contribution < -0.4 is 5.32 Å². The number of nitrogens with one attached hydrogen (secondary N) is 1. The van der Waals surface area contributed by atoms with Gasteiger partial charge in [-0.2, -0.15) is 5.10 Å². The predicted octanol–water partition coefficient (Wildman–Crippen LogP) is 5.65. The van der Waals surface area contributed by atoms with Crippen LogP contribution in [0.5, 0.6) is 0 Å². The Kier molecular flexibility index (Phi) is 5.05. The van der Waals surface area contributed by atoms with Gasteiger partial charge in [-0.1, -0.05) is 27.7 Å². The number of hydrogen-bond donors (Lipinski definition) is 1. The number of amides is 1. The fourth-order valence-corrected chi connectivity index (χ4v) is 3.37. The van der Waals surface area contributed by atoms with Crippen molar-refractivity contribution in [3.8, 4) is 0 Å². The molecule has 4 aromatic rings. The number of anilines is 1. The summed E-state index contributed by atoms with van der Waals surface area (Å²) in [6, 6.07) is 7.51. The Bertz CT molecular complexity index is 1230. The summed E-state index contributed by atoms with van der Waals surface area (Å²) in [5, 5.41) is 8.20. The van der Waals surface area contributed by atoms with Gasteiger partial charge < -0.3 is 9.73 Å². The zero-order chi connectivity index (χ0) is 21.6. The molecular weight excluding hydrogens is 378 g/mol. The minimum atomic E-state index is -0.195. The highest BCUT2D eigenvalue weighted by Crippen LogP contribution is 2.27. The van der Waals surface area contributed by atoms with Gasteiger partial charge in [0.25, 0.3) is 5.91 Å². The van der Waals surface area contributed by atoms with Crippen molar-refractivity contribution in [1.29, 1.82) is 0 Å². The molecule has 7 nitrogen and oxygen atoms in total. The van der Waals surface area contributed by atoms with Crippen molar-refractivity contribution >= 4 is 33.7 Å². The Balaban J connectivity index is 1.73. The zero-order valence-corrected chi connectivity index (χ0v) is 18.2. The van der Waals surface area contributed by atoms with Gasteiger partial charge >= 0.3 is 0 Å². The van der Waals surface area contributed by atoms with Gasteiger partial charge in [0.15, 0.2) is 17.1 Å². The number of hydrogen-bond acceptors (Lipinski definition) is 5. The van der Waals surface area contributed by atoms with Crippen LogP contribution in [0.1, 0.15) is 81.4 Å². The van der Waals surface area contributed by atoms with Crippen LogP contribution in [-0.2, 0) is 0 Å². The largest absolute Gasteiger partial charge is 0.440 e. The lowest BCUT2D eigenvalue weighted by molar-refractivity contribution is 0.102. The number of fused-ring (bicyclic) bond motifs is 2. The SMILES string of the molecule is CC(C)c1cc(C(=O)Nc2ccc3oc(C(C)C)nc3c2)c2cnn(C(C)C)c2n1. The Morgan fingerprint density at radius 3 is 2.47 bits per heavy atom. The summed E-state index contributed by atoms with van der Waals surface area (Å²) in [6.45, 7) is 12.3. The summed E-state index contributed by atoms with van der Waals surface area (Å²) in [4.78, 5) is 22.5. The summed E-state index contributed by atoms with van der Waals surface area (Å²) < 4.78 is 7.61. The Morgan fingerprint density at radius 2 is 1.80 bits per heavy atom. The Labute approximate surface area is 175 Å². The van der Waals surface area contributed by atoms with E-state index in [0.29, 0.717) is 22.7 Å². The molecule has 0 atom stereocenters. The maximum absolute atomic E-state index is 13.2. The lowest BCUT2D eigenvalue weighted by Gasteiger charge is -2.12. The Hall–Kier alpha value is -3.22. The molecule has 1 N–H and O–H groups in total. The van der Waals surface area contributed by atoms with Crippen LogP contribution in [0.15, 0.2) is 34.9 Å². The number of oxazole rings is 1. The molecule has 0 radical (unpaired) electrons. The lowest BCUT2D eigenvalue weighted by Crippen LogP contribution is -2.14.